The summed E-state index contributed by atoms with van der Waals surface area (Å²) in [6.07, 6.45) is 0. The van der Waals surface area contributed by atoms with Crippen molar-refractivity contribution in [1.82, 2.24) is 0 Å². The van der Waals surface area contributed by atoms with Crippen LogP contribution in [0.3, 0.4) is 0 Å². The second-order valence-corrected chi connectivity index (χ2v) is 4.78. The minimum atomic E-state index is 0.160. The molecule has 1 aromatic heterocycles. The second-order valence-electron chi connectivity index (χ2n) is 4.41. The maximum absolute atomic E-state index is 9.02. The number of rotatable bonds is 7. The summed E-state index contributed by atoms with van der Waals surface area (Å²) in [6, 6.07) is 11.7. The lowest BCUT2D eigenvalue weighted by Crippen LogP contribution is -2.25. The van der Waals surface area contributed by atoms with Gasteiger partial charge in [0.25, 0.3) is 0 Å². The first kappa shape index (κ1) is 14.8. The van der Waals surface area contributed by atoms with E-state index in [0.29, 0.717) is 18.3 Å². The van der Waals surface area contributed by atoms with Crippen LogP contribution in [-0.2, 0) is 6.54 Å². The van der Waals surface area contributed by atoms with E-state index >= 15 is 0 Å². The van der Waals surface area contributed by atoms with Crippen molar-refractivity contribution in [3.05, 3.63) is 47.4 Å². The molecule has 0 saturated heterocycles. The van der Waals surface area contributed by atoms with E-state index in [1.807, 2.05) is 30.3 Å². The van der Waals surface area contributed by atoms with Gasteiger partial charge in [-0.3, -0.25) is 0 Å². The molecule has 2 rings (SSSR count). The Morgan fingerprint density at radius 3 is 2.50 bits per heavy atom. The number of nitrogens with one attached hydrogen (secondary N) is 1. The number of nitrogens with zero attached hydrogens (tertiary/aromatic N) is 1. The van der Waals surface area contributed by atoms with Crippen LogP contribution in [0.5, 0.6) is 0 Å². The SMILES string of the molecule is CCN(CCO)c1ccc(NCc2ccc(Cl)o2)cc1. The van der Waals surface area contributed by atoms with Crippen molar-refractivity contribution in [3.63, 3.8) is 0 Å². The molecule has 108 valence electrons. The number of hydrogen-bond donors (Lipinski definition) is 2. The molecule has 0 amide bonds. The molecule has 0 radical (unpaired) electrons. The average Bonchev–Trinajstić information content (AvgIpc) is 2.89. The highest BCUT2D eigenvalue weighted by atomic mass is 35.5. The van der Waals surface area contributed by atoms with Gasteiger partial charge in [0.1, 0.15) is 5.76 Å². The average molecular weight is 295 g/mol. The zero-order valence-electron chi connectivity index (χ0n) is 11.5. The molecule has 0 aliphatic rings. The summed E-state index contributed by atoms with van der Waals surface area (Å²) in [7, 11) is 0. The maximum Gasteiger partial charge on any atom is 0.193 e. The Morgan fingerprint density at radius 1 is 1.20 bits per heavy atom. The Morgan fingerprint density at radius 2 is 1.95 bits per heavy atom. The number of likely N-dealkylation sites (N-methyl/N-ethyl adjacent to an activating group) is 1. The molecule has 2 N–H and O–H groups in total. The van der Waals surface area contributed by atoms with E-state index in [9.17, 15) is 0 Å². The smallest absolute Gasteiger partial charge is 0.193 e. The molecule has 1 aromatic carbocycles. The predicted octanol–water partition coefficient (Wildman–Crippen LogP) is 3.36. The molecular formula is C15H19ClN2O2. The third-order valence-electron chi connectivity index (χ3n) is 3.08. The van der Waals surface area contributed by atoms with Crippen molar-refractivity contribution in [3.8, 4) is 0 Å². The number of anilines is 2. The molecule has 0 saturated carbocycles. The molecule has 2 aromatic rings. The van der Waals surface area contributed by atoms with E-state index in [-0.39, 0.29) is 6.61 Å². The van der Waals surface area contributed by atoms with E-state index in [0.717, 1.165) is 23.7 Å². The van der Waals surface area contributed by atoms with E-state index in [4.69, 9.17) is 21.1 Å². The molecule has 0 spiro atoms. The van der Waals surface area contributed by atoms with Crippen molar-refractivity contribution < 1.29 is 9.52 Å². The lowest BCUT2D eigenvalue weighted by molar-refractivity contribution is 0.302. The molecule has 0 unspecified atom stereocenters. The summed E-state index contributed by atoms with van der Waals surface area (Å²) in [5, 5.41) is 12.7. The van der Waals surface area contributed by atoms with Gasteiger partial charge < -0.3 is 19.7 Å². The van der Waals surface area contributed by atoms with Gasteiger partial charge >= 0.3 is 0 Å². The minimum absolute atomic E-state index is 0.160. The van der Waals surface area contributed by atoms with Crippen LogP contribution >= 0.6 is 11.6 Å². The topological polar surface area (TPSA) is 48.6 Å². The third-order valence-corrected chi connectivity index (χ3v) is 3.28. The van der Waals surface area contributed by atoms with E-state index < -0.39 is 0 Å². The summed E-state index contributed by atoms with van der Waals surface area (Å²) >= 11 is 5.72. The van der Waals surface area contributed by atoms with Crippen LogP contribution in [0.1, 0.15) is 12.7 Å². The van der Waals surface area contributed by atoms with Crippen molar-refractivity contribution >= 4 is 23.0 Å². The lowest BCUT2D eigenvalue weighted by Gasteiger charge is -2.22. The standard InChI is InChI=1S/C15H19ClN2O2/c1-2-18(9-10-19)13-5-3-12(4-6-13)17-11-14-7-8-15(16)20-14/h3-8,17,19H,2,9-11H2,1H3. The molecular weight excluding hydrogens is 276 g/mol. The number of furan rings is 1. The van der Waals surface area contributed by atoms with E-state index in [2.05, 4.69) is 17.1 Å². The Labute approximate surface area is 124 Å². The summed E-state index contributed by atoms with van der Waals surface area (Å²) in [6.45, 7) is 4.35. The first-order valence-corrected chi connectivity index (χ1v) is 7.04. The predicted molar refractivity (Wildman–Crippen MR) is 82.5 cm³/mol. The van der Waals surface area contributed by atoms with Gasteiger partial charge in [0.15, 0.2) is 5.22 Å². The quantitative estimate of drug-likeness (QED) is 0.822. The van der Waals surface area contributed by atoms with E-state index in [1.165, 1.54) is 0 Å². The number of halogens is 1. The first-order valence-electron chi connectivity index (χ1n) is 6.67. The van der Waals surface area contributed by atoms with Crippen molar-refractivity contribution in [1.29, 1.82) is 0 Å². The fourth-order valence-electron chi connectivity index (χ4n) is 2.02. The molecule has 0 fully saturated rings. The number of benzene rings is 1. The molecule has 5 heteroatoms. The number of aliphatic hydroxyl groups excluding tert-OH is 1. The van der Waals surface area contributed by atoms with Gasteiger partial charge in [0.2, 0.25) is 0 Å². The first-order chi connectivity index (χ1) is 9.72. The minimum Gasteiger partial charge on any atom is -0.448 e. The number of aliphatic hydroxyl groups is 1. The number of hydrogen-bond acceptors (Lipinski definition) is 4. The zero-order chi connectivity index (χ0) is 14.4. The summed E-state index contributed by atoms with van der Waals surface area (Å²) in [4.78, 5) is 2.12. The fourth-order valence-corrected chi connectivity index (χ4v) is 2.18. The Balaban J connectivity index is 1.94. The molecule has 20 heavy (non-hydrogen) atoms. The van der Waals surface area contributed by atoms with Gasteiger partial charge in [-0.05, 0) is 54.9 Å². The highest BCUT2D eigenvalue weighted by Gasteiger charge is 2.04. The maximum atomic E-state index is 9.02. The molecule has 0 atom stereocenters. The summed E-state index contributed by atoms with van der Waals surface area (Å²) < 4.78 is 5.28. The van der Waals surface area contributed by atoms with E-state index in [1.54, 1.807) is 6.07 Å². The Kier molecular flexibility index (Phi) is 5.32. The van der Waals surface area contributed by atoms with Gasteiger partial charge in [-0.25, -0.2) is 0 Å². The van der Waals surface area contributed by atoms with Crippen LogP contribution in [0.25, 0.3) is 0 Å². The van der Waals surface area contributed by atoms with Crippen molar-refractivity contribution in [2.45, 2.75) is 13.5 Å². The van der Waals surface area contributed by atoms with Crippen LogP contribution in [0, 0.1) is 0 Å². The van der Waals surface area contributed by atoms with Crippen molar-refractivity contribution in [2.24, 2.45) is 0 Å². The molecule has 1 heterocycles. The molecule has 0 aliphatic carbocycles. The van der Waals surface area contributed by atoms with Gasteiger partial charge in [-0.15, -0.1) is 0 Å². The summed E-state index contributed by atoms with van der Waals surface area (Å²) in [5.41, 5.74) is 2.12. The molecule has 0 bridgehead atoms. The lowest BCUT2D eigenvalue weighted by atomic mass is 10.2. The second kappa shape index (κ2) is 7.22. The Bertz CT molecular complexity index is 525. The monoisotopic (exact) mass is 294 g/mol. The van der Waals surface area contributed by atoms with Gasteiger partial charge in [0.05, 0.1) is 13.2 Å². The summed E-state index contributed by atoms with van der Waals surface area (Å²) in [5.74, 6) is 0.801. The van der Waals surface area contributed by atoms with Crippen LogP contribution in [-0.4, -0.2) is 24.8 Å². The highest BCUT2D eigenvalue weighted by molar-refractivity contribution is 6.28. The Hall–Kier alpha value is -1.65. The van der Waals surface area contributed by atoms with Gasteiger partial charge in [0, 0.05) is 24.5 Å². The van der Waals surface area contributed by atoms with Crippen LogP contribution in [0.2, 0.25) is 5.22 Å². The van der Waals surface area contributed by atoms with Crippen LogP contribution < -0.4 is 10.2 Å². The largest absolute Gasteiger partial charge is 0.448 e. The van der Waals surface area contributed by atoms with Crippen molar-refractivity contribution in [2.75, 3.05) is 29.9 Å². The zero-order valence-corrected chi connectivity index (χ0v) is 12.2. The molecule has 0 aliphatic heterocycles. The fraction of sp³-hybridized carbons (Fsp3) is 0.333. The third kappa shape index (κ3) is 3.92. The van der Waals surface area contributed by atoms with Gasteiger partial charge in [-0.2, -0.15) is 0 Å². The van der Waals surface area contributed by atoms with Crippen LogP contribution in [0.15, 0.2) is 40.8 Å². The highest BCUT2D eigenvalue weighted by Crippen LogP contribution is 2.19. The molecule has 4 nitrogen and oxygen atoms in total. The normalized spacial score (nSPS) is 10.6. The van der Waals surface area contributed by atoms with Crippen LogP contribution in [0.4, 0.5) is 11.4 Å². The van der Waals surface area contributed by atoms with Gasteiger partial charge in [-0.1, -0.05) is 0 Å².